The molecule has 1 aliphatic rings. The fourth-order valence-corrected chi connectivity index (χ4v) is 2.44. The number of rotatable bonds is 7. The molecule has 0 spiro atoms. The molecule has 0 bridgehead atoms. The molecule has 23 heavy (non-hydrogen) atoms. The molecular formula is C14H29F3IN5. The highest BCUT2D eigenvalue weighted by Gasteiger charge is 2.34. The van der Waals surface area contributed by atoms with E-state index >= 15 is 0 Å². The molecule has 1 aliphatic heterocycles. The van der Waals surface area contributed by atoms with Crippen LogP contribution in [0, 0.1) is 0 Å². The van der Waals surface area contributed by atoms with Crippen molar-refractivity contribution in [2.45, 2.75) is 32.0 Å². The van der Waals surface area contributed by atoms with Crippen LogP contribution in [0.5, 0.6) is 0 Å². The van der Waals surface area contributed by atoms with Gasteiger partial charge in [0.05, 0.1) is 6.54 Å². The normalized spacial score (nSPS) is 19.8. The number of nitrogens with one attached hydrogen (secondary N) is 2. The van der Waals surface area contributed by atoms with Crippen molar-refractivity contribution in [1.82, 2.24) is 20.4 Å². The van der Waals surface area contributed by atoms with E-state index in [1.165, 1.54) is 4.90 Å². The Morgan fingerprint density at radius 1 is 1.35 bits per heavy atom. The third-order valence-electron chi connectivity index (χ3n) is 3.39. The molecule has 1 rings (SSSR count). The lowest BCUT2D eigenvalue weighted by Gasteiger charge is -2.19. The molecular weight excluding hydrogens is 422 g/mol. The molecule has 1 heterocycles. The lowest BCUT2D eigenvalue weighted by Crippen LogP contribution is -2.45. The molecule has 0 radical (unpaired) electrons. The summed E-state index contributed by atoms with van der Waals surface area (Å²) in [6.45, 7) is 4.42. The summed E-state index contributed by atoms with van der Waals surface area (Å²) >= 11 is 0. The van der Waals surface area contributed by atoms with Gasteiger partial charge >= 0.3 is 6.18 Å². The smallest absolute Gasteiger partial charge is 0.357 e. The van der Waals surface area contributed by atoms with Crippen LogP contribution in [-0.2, 0) is 0 Å². The van der Waals surface area contributed by atoms with Crippen molar-refractivity contribution >= 4 is 29.9 Å². The molecule has 138 valence electrons. The molecule has 0 aromatic rings. The fourth-order valence-electron chi connectivity index (χ4n) is 2.44. The monoisotopic (exact) mass is 451 g/mol. The van der Waals surface area contributed by atoms with Gasteiger partial charge in [-0.25, -0.2) is 0 Å². The van der Waals surface area contributed by atoms with Gasteiger partial charge in [0.25, 0.3) is 0 Å². The third kappa shape index (κ3) is 11.0. The Hall–Kier alpha value is -0.290. The van der Waals surface area contributed by atoms with Crippen molar-refractivity contribution in [3.8, 4) is 0 Å². The van der Waals surface area contributed by atoms with E-state index in [0.29, 0.717) is 32.0 Å². The highest BCUT2D eigenvalue weighted by atomic mass is 127. The quantitative estimate of drug-likeness (QED) is 0.268. The fraction of sp³-hybridized carbons (Fsp3) is 0.929. The van der Waals surface area contributed by atoms with E-state index in [1.807, 2.05) is 21.0 Å². The van der Waals surface area contributed by atoms with Crippen LogP contribution in [0.25, 0.3) is 0 Å². The van der Waals surface area contributed by atoms with Gasteiger partial charge in [-0.15, -0.1) is 24.0 Å². The predicted molar refractivity (Wildman–Crippen MR) is 98.6 cm³/mol. The Bertz CT molecular complexity index is 350. The summed E-state index contributed by atoms with van der Waals surface area (Å²) < 4.78 is 37.2. The number of likely N-dealkylation sites (tertiary alicyclic amines) is 1. The molecule has 0 aromatic heterocycles. The van der Waals surface area contributed by atoms with Gasteiger partial charge in [-0.05, 0) is 40.4 Å². The SMILES string of the molecule is CCNC(=NCCCN(C)C)NC1CCN(CC(F)(F)F)C1.I. The van der Waals surface area contributed by atoms with E-state index in [9.17, 15) is 13.2 Å². The van der Waals surface area contributed by atoms with E-state index in [4.69, 9.17) is 0 Å². The maximum atomic E-state index is 12.4. The standard InChI is InChI=1S/C14H28F3N5.HI/c1-4-18-13(19-7-5-8-21(2)3)20-12-6-9-22(10-12)11-14(15,16)17;/h12H,4-11H2,1-3H3,(H2,18,19,20);1H. The number of aliphatic imine (C=N–C) groups is 1. The van der Waals surface area contributed by atoms with Crippen LogP contribution in [0.1, 0.15) is 19.8 Å². The molecule has 1 unspecified atom stereocenters. The predicted octanol–water partition coefficient (Wildman–Crippen LogP) is 1.75. The first-order valence-corrected chi connectivity index (χ1v) is 7.79. The Kier molecular flexibility index (Phi) is 11.2. The maximum Gasteiger partial charge on any atom is 0.401 e. The Labute approximate surface area is 154 Å². The molecule has 5 nitrogen and oxygen atoms in total. The minimum atomic E-state index is -4.13. The van der Waals surface area contributed by atoms with Crippen molar-refractivity contribution < 1.29 is 13.2 Å². The summed E-state index contributed by atoms with van der Waals surface area (Å²) in [4.78, 5) is 8.01. The molecule has 0 amide bonds. The van der Waals surface area contributed by atoms with Crippen molar-refractivity contribution in [2.75, 3.05) is 53.4 Å². The summed E-state index contributed by atoms with van der Waals surface area (Å²) in [5.41, 5.74) is 0. The largest absolute Gasteiger partial charge is 0.401 e. The molecule has 1 atom stereocenters. The van der Waals surface area contributed by atoms with Crippen LogP contribution in [0.2, 0.25) is 0 Å². The topological polar surface area (TPSA) is 42.9 Å². The average molecular weight is 451 g/mol. The van der Waals surface area contributed by atoms with Gasteiger partial charge < -0.3 is 15.5 Å². The Morgan fingerprint density at radius 3 is 2.61 bits per heavy atom. The minimum absolute atomic E-state index is 0. The van der Waals surface area contributed by atoms with Gasteiger partial charge in [0.1, 0.15) is 0 Å². The van der Waals surface area contributed by atoms with Crippen molar-refractivity contribution in [2.24, 2.45) is 4.99 Å². The van der Waals surface area contributed by atoms with Gasteiger partial charge in [-0.2, -0.15) is 13.2 Å². The first-order valence-electron chi connectivity index (χ1n) is 7.79. The lowest BCUT2D eigenvalue weighted by molar-refractivity contribution is -0.143. The number of guanidine groups is 1. The zero-order valence-electron chi connectivity index (χ0n) is 14.1. The van der Waals surface area contributed by atoms with Gasteiger partial charge in [-0.3, -0.25) is 9.89 Å². The lowest BCUT2D eigenvalue weighted by atomic mass is 10.3. The average Bonchev–Trinajstić information content (AvgIpc) is 2.79. The van der Waals surface area contributed by atoms with Gasteiger partial charge in [-0.1, -0.05) is 0 Å². The van der Waals surface area contributed by atoms with Crippen LogP contribution in [0.15, 0.2) is 4.99 Å². The molecule has 0 aliphatic carbocycles. The molecule has 0 saturated carbocycles. The van der Waals surface area contributed by atoms with E-state index in [1.54, 1.807) is 0 Å². The van der Waals surface area contributed by atoms with Crippen molar-refractivity contribution in [3.05, 3.63) is 0 Å². The van der Waals surface area contributed by atoms with Crippen LogP contribution >= 0.6 is 24.0 Å². The number of hydrogen-bond donors (Lipinski definition) is 2. The van der Waals surface area contributed by atoms with E-state index in [2.05, 4.69) is 20.5 Å². The van der Waals surface area contributed by atoms with Crippen LogP contribution < -0.4 is 10.6 Å². The summed E-state index contributed by atoms with van der Waals surface area (Å²) in [6, 6.07) is 0.0222. The molecule has 1 saturated heterocycles. The minimum Gasteiger partial charge on any atom is -0.357 e. The number of halogens is 4. The first-order chi connectivity index (χ1) is 10.3. The molecule has 1 fully saturated rings. The Morgan fingerprint density at radius 2 is 2.04 bits per heavy atom. The maximum absolute atomic E-state index is 12.4. The van der Waals surface area contributed by atoms with Gasteiger partial charge in [0, 0.05) is 32.2 Å². The summed E-state index contributed by atoms with van der Waals surface area (Å²) in [5.74, 6) is 0.695. The summed E-state index contributed by atoms with van der Waals surface area (Å²) in [5, 5.41) is 6.38. The highest BCUT2D eigenvalue weighted by molar-refractivity contribution is 14.0. The first kappa shape index (κ1) is 22.7. The summed E-state index contributed by atoms with van der Waals surface area (Å²) in [7, 11) is 4.03. The number of alkyl halides is 3. The van der Waals surface area contributed by atoms with E-state index in [-0.39, 0.29) is 30.0 Å². The van der Waals surface area contributed by atoms with E-state index < -0.39 is 12.7 Å². The van der Waals surface area contributed by atoms with Crippen LogP contribution in [0.4, 0.5) is 13.2 Å². The second-order valence-electron chi connectivity index (χ2n) is 5.90. The van der Waals surface area contributed by atoms with Gasteiger partial charge in [0.15, 0.2) is 5.96 Å². The summed E-state index contributed by atoms with van der Waals surface area (Å²) in [6.07, 6.45) is -2.47. The Balaban J connectivity index is 0.00000484. The van der Waals surface area contributed by atoms with Crippen molar-refractivity contribution in [3.63, 3.8) is 0 Å². The molecule has 9 heteroatoms. The number of hydrogen-bond acceptors (Lipinski definition) is 3. The van der Waals surface area contributed by atoms with E-state index in [0.717, 1.165) is 19.5 Å². The number of nitrogens with zero attached hydrogens (tertiary/aromatic N) is 3. The zero-order chi connectivity index (χ0) is 16.6. The van der Waals surface area contributed by atoms with Gasteiger partial charge in [0.2, 0.25) is 0 Å². The highest BCUT2D eigenvalue weighted by Crippen LogP contribution is 2.19. The zero-order valence-corrected chi connectivity index (χ0v) is 16.4. The molecule has 2 N–H and O–H groups in total. The third-order valence-corrected chi connectivity index (χ3v) is 3.39. The second kappa shape index (κ2) is 11.3. The van der Waals surface area contributed by atoms with Crippen LogP contribution in [-0.4, -0.2) is 81.3 Å². The molecule has 0 aromatic carbocycles. The van der Waals surface area contributed by atoms with Crippen molar-refractivity contribution in [1.29, 1.82) is 0 Å². The second-order valence-corrected chi connectivity index (χ2v) is 5.90. The van der Waals surface area contributed by atoms with Crippen LogP contribution in [0.3, 0.4) is 0 Å².